The minimum atomic E-state index is -1.12. The van der Waals surface area contributed by atoms with E-state index in [1.165, 1.54) is 6.92 Å². The van der Waals surface area contributed by atoms with E-state index in [9.17, 15) is 19.5 Å². The first kappa shape index (κ1) is 21.1. The molecule has 0 bridgehead atoms. The Hall–Kier alpha value is -1.89. The number of hydrogen-bond acceptors (Lipinski definition) is 7. The summed E-state index contributed by atoms with van der Waals surface area (Å²) < 4.78 is 14.5. The Morgan fingerprint density at radius 3 is 2.22 bits per heavy atom. The molecule has 0 heterocycles. The Balaban J connectivity index is 3.89. The smallest absolute Gasteiger partial charge is 0.333 e. The maximum Gasteiger partial charge on any atom is 0.333 e. The van der Waals surface area contributed by atoms with Crippen molar-refractivity contribution >= 4 is 17.9 Å². The molecule has 0 rings (SSSR count). The van der Waals surface area contributed by atoms with Crippen molar-refractivity contribution in [3.05, 3.63) is 12.2 Å². The molecule has 1 atom stereocenters. The average molecular weight is 330 g/mol. The van der Waals surface area contributed by atoms with E-state index in [1.807, 2.05) is 6.92 Å². The first-order valence-electron chi connectivity index (χ1n) is 7.43. The molecule has 0 aromatic rings. The monoisotopic (exact) mass is 330 g/mol. The molecule has 0 saturated carbocycles. The van der Waals surface area contributed by atoms with Crippen LogP contribution in [0.25, 0.3) is 0 Å². The molecule has 0 saturated heterocycles. The molecule has 0 fully saturated rings. The van der Waals surface area contributed by atoms with Crippen LogP contribution in [0.5, 0.6) is 0 Å². The van der Waals surface area contributed by atoms with Crippen LogP contribution in [0.4, 0.5) is 0 Å². The number of carbonyl (C=O) groups excluding carboxylic acids is 3. The highest BCUT2D eigenvalue weighted by atomic mass is 16.6. The summed E-state index contributed by atoms with van der Waals surface area (Å²) in [6.07, 6.45) is -0.598. The molecular formula is C16H26O7. The third-order valence-corrected chi connectivity index (χ3v) is 3.17. The fourth-order valence-corrected chi connectivity index (χ4v) is 1.17. The predicted octanol–water partition coefficient (Wildman–Crippen LogP) is 1.38. The third-order valence-electron chi connectivity index (χ3n) is 3.17. The Bertz CT molecular complexity index is 440. The van der Waals surface area contributed by atoms with E-state index in [-0.39, 0.29) is 37.8 Å². The zero-order chi connectivity index (χ0) is 18.0. The molecule has 132 valence electrons. The van der Waals surface area contributed by atoms with Gasteiger partial charge in [0, 0.05) is 5.57 Å². The summed E-state index contributed by atoms with van der Waals surface area (Å²) in [7, 11) is 0. The molecule has 1 unspecified atom stereocenters. The summed E-state index contributed by atoms with van der Waals surface area (Å²) in [5.41, 5.74) is -0.376. The number of esters is 3. The molecule has 0 aromatic carbocycles. The minimum Gasteiger partial charge on any atom is -0.465 e. The average Bonchev–Trinajstić information content (AvgIpc) is 2.49. The number of aliphatic hydroxyl groups excluding tert-OH is 1. The zero-order valence-corrected chi connectivity index (χ0v) is 14.2. The van der Waals surface area contributed by atoms with Gasteiger partial charge in [-0.25, -0.2) is 4.79 Å². The van der Waals surface area contributed by atoms with Crippen molar-refractivity contribution in [3.63, 3.8) is 0 Å². The summed E-state index contributed by atoms with van der Waals surface area (Å²) >= 11 is 0. The number of ether oxygens (including phenoxy) is 3. The number of aliphatic hydroxyl groups is 1. The van der Waals surface area contributed by atoms with Crippen molar-refractivity contribution in [3.8, 4) is 0 Å². The molecule has 0 spiro atoms. The first-order valence-corrected chi connectivity index (χ1v) is 7.43. The Morgan fingerprint density at radius 2 is 1.70 bits per heavy atom. The van der Waals surface area contributed by atoms with Gasteiger partial charge in [0.15, 0.2) is 0 Å². The van der Waals surface area contributed by atoms with Gasteiger partial charge in [-0.05, 0) is 27.2 Å². The van der Waals surface area contributed by atoms with E-state index in [4.69, 9.17) is 14.2 Å². The quantitative estimate of drug-likeness (QED) is 0.367. The van der Waals surface area contributed by atoms with E-state index in [2.05, 4.69) is 6.58 Å². The second kappa shape index (κ2) is 9.99. The van der Waals surface area contributed by atoms with E-state index in [1.54, 1.807) is 13.8 Å². The first-order chi connectivity index (χ1) is 10.6. The molecule has 7 nitrogen and oxygen atoms in total. The third kappa shape index (κ3) is 8.97. The molecule has 0 aliphatic rings. The van der Waals surface area contributed by atoms with Gasteiger partial charge < -0.3 is 19.3 Å². The van der Waals surface area contributed by atoms with Crippen molar-refractivity contribution in [2.24, 2.45) is 5.41 Å². The van der Waals surface area contributed by atoms with Gasteiger partial charge in [-0.2, -0.15) is 0 Å². The van der Waals surface area contributed by atoms with Crippen LogP contribution < -0.4 is 0 Å². The van der Waals surface area contributed by atoms with E-state index in [0.717, 1.165) is 0 Å². The highest BCUT2D eigenvalue weighted by Crippen LogP contribution is 2.21. The summed E-state index contributed by atoms with van der Waals surface area (Å²) in [5.74, 6) is -1.61. The lowest BCUT2D eigenvalue weighted by Gasteiger charge is -2.20. The Morgan fingerprint density at radius 1 is 1.13 bits per heavy atom. The summed E-state index contributed by atoms with van der Waals surface area (Å²) in [4.78, 5) is 34.2. The van der Waals surface area contributed by atoms with Crippen LogP contribution in [-0.4, -0.2) is 48.9 Å². The van der Waals surface area contributed by atoms with Crippen LogP contribution in [0.3, 0.4) is 0 Å². The fourth-order valence-electron chi connectivity index (χ4n) is 1.17. The molecule has 0 radical (unpaired) electrons. The van der Waals surface area contributed by atoms with Crippen molar-refractivity contribution in [1.29, 1.82) is 0 Å². The van der Waals surface area contributed by atoms with Crippen molar-refractivity contribution in [2.75, 3.05) is 19.8 Å². The maximum atomic E-state index is 11.7. The standard InChI is InChI=1S/C16H26O7/c1-6-16(4,5)15(20)21-8-7-13(18)22-9-12(17)10-23-14(19)11(2)3/h12,17H,2,6-10H2,1,3-5H3. The van der Waals surface area contributed by atoms with Crippen LogP contribution in [0.15, 0.2) is 12.2 Å². The molecule has 0 aliphatic heterocycles. The predicted molar refractivity (Wildman–Crippen MR) is 82.4 cm³/mol. The zero-order valence-electron chi connectivity index (χ0n) is 14.2. The van der Waals surface area contributed by atoms with Crippen molar-refractivity contribution in [2.45, 2.75) is 46.6 Å². The number of carbonyl (C=O) groups is 3. The molecule has 7 heteroatoms. The van der Waals surface area contributed by atoms with Gasteiger partial charge in [-0.15, -0.1) is 0 Å². The van der Waals surface area contributed by atoms with Crippen LogP contribution in [0.1, 0.15) is 40.5 Å². The second-order valence-electron chi connectivity index (χ2n) is 5.84. The Kier molecular flexibility index (Phi) is 9.17. The SMILES string of the molecule is C=C(C)C(=O)OCC(O)COC(=O)CCOC(=O)C(C)(C)CC. The fraction of sp³-hybridized carbons (Fsp3) is 0.688. The van der Waals surface area contributed by atoms with E-state index >= 15 is 0 Å². The van der Waals surface area contributed by atoms with Crippen LogP contribution in [0.2, 0.25) is 0 Å². The molecular weight excluding hydrogens is 304 g/mol. The number of hydrogen-bond donors (Lipinski definition) is 1. The summed E-state index contributed by atoms with van der Waals surface area (Å²) in [6.45, 7) is 9.59. The van der Waals surface area contributed by atoms with Crippen LogP contribution in [0, 0.1) is 5.41 Å². The van der Waals surface area contributed by atoms with Crippen LogP contribution >= 0.6 is 0 Å². The maximum absolute atomic E-state index is 11.7. The van der Waals surface area contributed by atoms with Crippen LogP contribution in [-0.2, 0) is 28.6 Å². The minimum absolute atomic E-state index is 0.0815. The van der Waals surface area contributed by atoms with Gasteiger partial charge in [0.1, 0.15) is 25.9 Å². The number of rotatable bonds is 10. The lowest BCUT2D eigenvalue weighted by molar-refractivity contribution is -0.157. The summed E-state index contributed by atoms with van der Waals surface area (Å²) in [5, 5.41) is 9.51. The van der Waals surface area contributed by atoms with Gasteiger partial charge in [-0.1, -0.05) is 13.5 Å². The normalized spacial score (nSPS) is 12.2. The molecule has 1 N–H and O–H groups in total. The van der Waals surface area contributed by atoms with Gasteiger partial charge in [-0.3, -0.25) is 9.59 Å². The summed E-state index contributed by atoms with van der Waals surface area (Å²) in [6, 6.07) is 0. The lowest BCUT2D eigenvalue weighted by atomic mass is 9.91. The van der Waals surface area contributed by atoms with E-state index in [0.29, 0.717) is 6.42 Å². The largest absolute Gasteiger partial charge is 0.465 e. The van der Waals surface area contributed by atoms with Gasteiger partial charge in [0.05, 0.1) is 11.8 Å². The van der Waals surface area contributed by atoms with Gasteiger partial charge in [0.2, 0.25) is 0 Å². The topological polar surface area (TPSA) is 99.1 Å². The van der Waals surface area contributed by atoms with Gasteiger partial charge >= 0.3 is 17.9 Å². The molecule has 0 aromatic heterocycles. The molecule has 23 heavy (non-hydrogen) atoms. The van der Waals surface area contributed by atoms with E-state index < -0.39 is 23.5 Å². The van der Waals surface area contributed by atoms with Crippen molar-refractivity contribution < 1.29 is 33.7 Å². The van der Waals surface area contributed by atoms with Gasteiger partial charge in [0.25, 0.3) is 0 Å². The Labute approximate surface area is 136 Å². The highest BCUT2D eigenvalue weighted by Gasteiger charge is 2.27. The highest BCUT2D eigenvalue weighted by molar-refractivity contribution is 5.86. The molecule has 0 amide bonds. The van der Waals surface area contributed by atoms with Crippen molar-refractivity contribution in [1.82, 2.24) is 0 Å². The second-order valence-corrected chi connectivity index (χ2v) is 5.84. The molecule has 0 aliphatic carbocycles. The lowest BCUT2D eigenvalue weighted by Crippen LogP contribution is -2.28.